The van der Waals surface area contributed by atoms with E-state index in [1.165, 1.54) is 0 Å². The first kappa shape index (κ1) is 19.2. The van der Waals surface area contributed by atoms with Crippen molar-refractivity contribution in [2.45, 2.75) is 12.5 Å². The summed E-state index contributed by atoms with van der Waals surface area (Å²) in [5.41, 5.74) is 6.57. The molecule has 0 heterocycles. The summed E-state index contributed by atoms with van der Waals surface area (Å²) in [5, 5.41) is 13.8. The first-order valence-electron chi connectivity index (χ1n) is 6.90. The lowest BCUT2D eigenvalue weighted by molar-refractivity contribution is -0.138. The van der Waals surface area contributed by atoms with Crippen molar-refractivity contribution in [2.75, 3.05) is 0 Å². The van der Waals surface area contributed by atoms with Gasteiger partial charge in [-0.1, -0.05) is 0 Å². The average molecular weight is 778 g/mol. The highest BCUT2D eigenvalue weighted by Crippen LogP contribution is 2.36. The van der Waals surface area contributed by atoms with Crippen LogP contribution in [0.1, 0.15) is 5.56 Å². The Labute approximate surface area is 194 Å². The van der Waals surface area contributed by atoms with Gasteiger partial charge < -0.3 is 20.7 Å². The number of nitrogens with two attached hydrogens (primary N) is 1. The van der Waals surface area contributed by atoms with Gasteiger partial charge in [-0.2, -0.15) is 0 Å². The van der Waals surface area contributed by atoms with Crippen LogP contribution in [0.2, 0.25) is 0 Å². The van der Waals surface area contributed by atoms with Crippen LogP contribution in [0.25, 0.3) is 1.43 Å². The van der Waals surface area contributed by atoms with E-state index in [-0.39, 0.29) is 12.2 Å². The SMILES string of the molecule is [2H]OC(=O)[C@@H](N)Cc1cc(I)c(Oc2cc(I)c(O)c(I)c2)c(I)c1. The van der Waals surface area contributed by atoms with Crippen LogP contribution in [0.15, 0.2) is 24.3 Å². The number of aromatic hydroxyl groups is 1. The Hall–Kier alpha value is 0.390. The number of phenols is 1. The summed E-state index contributed by atoms with van der Waals surface area (Å²) >= 11 is 8.42. The molecule has 2 aromatic carbocycles. The standard InChI is InChI=1S/C15H11I4NO4/c16-8-4-7(5-9(17)13(8)21)24-14-10(18)1-6(2-11(14)19)3-12(20)15(22)23/h1-2,4-5,12,21H,3,20H2,(H,22,23)/t12-/m0/s1/i/hD. The minimum Gasteiger partial charge on any atom is -0.506 e. The van der Waals surface area contributed by atoms with Crippen LogP contribution in [0.4, 0.5) is 0 Å². The summed E-state index contributed by atoms with van der Waals surface area (Å²) < 4.78 is 15.8. The van der Waals surface area contributed by atoms with Crippen molar-refractivity contribution < 1.29 is 19.7 Å². The van der Waals surface area contributed by atoms with E-state index in [1.807, 2.05) is 12.1 Å². The highest BCUT2D eigenvalue weighted by Gasteiger charge is 2.16. The average Bonchev–Trinajstić information content (AvgIpc) is 2.55. The molecule has 0 aliphatic heterocycles. The molecule has 0 aliphatic rings. The molecule has 0 saturated heterocycles. The van der Waals surface area contributed by atoms with Gasteiger partial charge in [0.1, 0.15) is 17.5 Å². The first-order chi connectivity index (χ1) is 11.7. The zero-order valence-corrected chi connectivity index (χ0v) is 20.5. The number of benzene rings is 2. The van der Waals surface area contributed by atoms with Gasteiger partial charge >= 0.3 is 5.97 Å². The summed E-state index contributed by atoms with van der Waals surface area (Å²) in [4.78, 5) is 11.3. The van der Waals surface area contributed by atoms with Gasteiger partial charge in [0.2, 0.25) is 0 Å². The second kappa shape index (κ2) is 8.85. The molecule has 4 N–H and O–H groups in total. The smallest absolute Gasteiger partial charge is 0.320 e. The second-order valence-corrected chi connectivity index (χ2v) is 9.50. The quantitative estimate of drug-likeness (QED) is 0.388. The number of carboxylic acids is 1. The Morgan fingerprint density at radius 2 is 1.67 bits per heavy atom. The van der Waals surface area contributed by atoms with Gasteiger partial charge in [0.05, 0.1) is 14.3 Å². The van der Waals surface area contributed by atoms with E-state index in [0.29, 0.717) is 18.6 Å². The Kier molecular flexibility index (Phi) is 7.07. The van der Waals surface area contributed by atoms with Gasteiger partial charge in [-0.15, -0.1) is 0 Å². The molecule has 0 aliphatic carbocycles. The van der Waals surface area contributed by atoms with Crippen LogP contribution >= 0.6 is 90.4 Å². The van der Waals surface area contributed by atoms with Gasteiger partial charge in [-0.25, -0.2) is 0 Å². The lowest BCUT2D eigenvalue weighted by Crippen LogP contribution is -2.32. The topological polar surface area (TPSA) is 92.8 Å². The number of halogens is 4. The summed E-state index contributed by atoms with van der Waals surface area (Å²) in [6.45, 7) is 0. The number of carbonyl (C=O) groups is 1. The fraction of sp³-hybridized carbons (Fsp3) is 0.133. The molecule has 2 rings (SSSR count). The van der Waals surface area contributed by atoms with E-state index in [0.717, 1.165) is 12.7 Å². The maximum absolute atomic E-state index is 11.3. The molecule has 5 nitrogen and oxygen atoms in total. The largest absolute Gasteiger partial charge is 0.506 e. The predicted molar refractivity (Wildman–Crippen MR) is 125 cm³/mol. The molecule has 0 bridgehead atoms. The molecule has 0 fully saturated rings. The first-order valence-corrected chi connectivity index (χ1v) is 10.8. The fourth-order valence-corrected chi connectivity index (χ4v) is 5.71. The van der Waals surface area contributed by atoms with Crippen LogP contribution in [0.3, 0.4) is 0 Å². The van der Waals surface area contributed by atoms with Crippen molar-refractivity contribution in [3.63, 3.8) is 0 Å². The third-order valence-electron chi connectivity index (χ3n) is 3.03. The molecule has 0 unspecified atom stereocenters. The van der Waals surface area contributed by atoms with Gasteiger partial charge in [0.25, 0.3) is 1.43 Å². The number of carboxylic acid groups (broad SMARTS) is 1. The molecule has 2 aromatic rings. The zero-order valence-electron chi connectivity index (χ0n) is 12.9. The molecular weight excluding hydrogens is 766 g/mol. The summed E-state index contributed by atoms with van der Waals surface area (Å²) in [5.74, 6) is 0.797. The molecule has 0 spiro atoms. The van der Waals surface area contributed by atoms with Gasteiger partial charge in [0.15, 0.2) is 5.75 Å². The lowest BCUT2D eigenvalue weighted by atomic mass is 10.1. The van der Waals surface area contributed by atoms with E-state index >= 15 is 0 Å². The third kappa shape index (κ3) is 5.20. The Balaban J connectivity index is 2.27. The van der Waals surface area contributed by atoms with Crippen molar-refractivity contribution in [2.24, 2.45) is 5.73 Å². The Morgan fingerprint density at radius 3 is 2.17 bits per heavy atom. The maximum Gasteiger partial charge on any atom is 0.320 e. The molecule has 0 aromatic heterocycles. The van der Waals surface area contributed by atoms with Crippen LogP contribution in [-0.4, -0.2) is 22.2 Å². The van der Waals surface area contributed by atoms with E-state index in [9.17, 15) is 9.90 Å². The Bertz CT molecular complexity index is 772. The molecule has 24 heavy (non-hydrogen) atoms. The van der Waals surface area contributed by atoms with E-state index in [4.69, 9.17) is 11.9 Å². The lowest BCUT2D eigenvalue weighted by Gasteiger charge is -2.14. The van der Waals surface area contributed by atoms with E-state index in [1.54, 1.807) is 12.1 Å². The van der Waals surface area contributed by atoms with Crippen LogP contribution in [0, 0.1) is 14.3 Å². The number of ether oxygens (including phenoxy) is 1. The zero-order chi connectivity index (χ0) is 18.7. The van der Waals surface area contributed by atoms with Gasteiger partial charge in [0, 0.05) is 0 Å². The molecule has 9 heteroatoms. The predicted octanol–water partition coefficient (Wildman–Crippen LogP) is 4.56. The summed E-state index contributed by atoms with van der Waals surface area (Å²) in [6.07, 6.45) is 0.277. The van der Waals surface area contributed by atoms with Crippen molar-refractivity contribution in [3.05, 3.63) is 44.1 Å². The number of phenolic OH excluding ortho intramolecular Hbond substituents is 1. The molecule has 1 atom stereocenters. The highest BCUT2D eigenvalue weighted by molar-refractivity contribution is 14.1. The molecule has 0 amide bonds. The van der Waals surface area contributed by atoms with Gasteiger partial charge in [-0.3, -0.25) is 4.79 Å². The van der Waals surface area contributed by atoms with Crippen LogP contribution in [-0.2, 0) is 11.2 Å². The number of rotatable bonds is 5. The minimum absolute atomic E-state index is 0.239. The second-order valence-electron chi connectivity index (χ2n) is 4.86. The van der Waals surface area contributed by atoms with Crippen molar-refractivity contribution in [1.82, 2.24) is 0 Å². The molecular formula is C15H11I4NO4. The fourth-order valence-electron chi connectivity index (χ4n) is 1.88. The van der Waals surface area contributed by atoms with Crippen molar-refractivity contribution >= 4 is 96.3 Å². The normalized spacial score (nSPS) is 12.5. The molecule has 0 radical (unpaired) electrons. The number of hydrogen-bond acceptors (Lipinski definition) is 5. The van der Waals surface area contributed by atoms with E-state index in [2.05, 4.69) is 95.5 Å². The highest BCUT2D eigenvalue weighted by atomic mass is 127. The molecule has 128 valence electrons. The third-order valence-corrected chi connectivity index (χ3v) is 6.27. The molecule has 0 saturated carbocycles. The van der Waals surface area contributed by atoms with Crippen LogP contribution in [0.5, 0.6) is 17.2 Å². The summed E-state index contributed by atoms with van der Waals surface area (Å²) in [6, 6.07) is 6.41. The monoisotopic (exact) mass is 778 g/mol. The minimum atomic E-state index is -0.879. The van der Waals surface area contributed by atoms with Crippen LogP contribution < -0.4 is 10.5 Å². The maximum atomic E-state index is 11.3. The van der Waals surface area contributed by atoms with Crippen molar-refractivity contribution in [3.8, 4) is 17.2 Å². The Morgan fingerprint density at radius 1 is 1.12 bits per heavy atom. The van der Waals surface area contributed by atoms with Crippen molar-refractivity contribution in [1.29, 1.82) is 1.43 Å². The van der Waals surface area contributed by atoms with E-state index < -0.39 is 12.0 Å². The summed E-state index contributed by atoms with van der Waals surface area (Å²) in [7, 11) is 0. The number of aliphatic carboxylic acids is 1. The number of hydrogen-bond donors (Lipinski definition) is 3. The van der Waals surface area contributed by atoms with Gasteiger partial charge in [-0.05, 0) is 127 Å².